The summed E-state index contributed by atoms with van der Waals surface area (Å²) in [7, 11) is -3.50. The van der Waals surface area contributed by atoms with Crippen LogP contribution in [0.4, 0.5) is 4.39 Å². The fourth-order valence-corrected chi connectivity index (χ4v) is 3.51. The molecule has 3 aromatic rings. The van der Waals surface area contributed by atoms with E-state index in [0.29, 0.717) is 28.6 Å². The van der Waals surface area contributed by atoms with Gasteiger partial charge in [0.05, 0.1) is 18.4 Å². The van der Waals surface area contributed by atoms with Crippen LogP contribution in [0.2, 0.25) is 0 Å². The third-order valence-electron chi connectivity index (χ3n) is 4.57. The standard InChI is InChI=1S/C21H22FNO5S/c1-13-20(21(24)28-14(2)16-5-7-17(22)8-6-16)18-12-15(4-9-19(18)23-13)10-11-27-29(3,25)26/h4-9,12,14,23H,10-11H2,1-3H3/t14-/m0/s1. The van der Waals surface area contributed by atoms with Crippen molar-refractivity contribution < 1.29 is 26.5 Å². The Morgan fingerprint density at radius 2 is 1.86 bits per heavy atom. The minimum atomic E-state index is -3.50. The average molecular weight is 419 g/mol. The minimum Gasteiger partial charge on any atom is -0.454 e. The van der Waals surface area contributed by atoms with Gasteiger partial charge < -0.3 is 9.72 Å². The maximum atomic E-state index is 13.1. The van der Waals surface area contributed by atoms with Crippen molar-refractivity contribution in [3.8, 4) is 0 Å². The highest BCUT2D eigenvalue weighted by Gasteiger charge is 2.21. The van der Waals surface area contributed by atoms with Crippen molar-refractivity contribution in [2.75, 3.05) is 12.9 Å². The Hall–Kier alpha value is -2.71. The maximum Gasteiger partial charge on any atom is 0.341 e. The molecule has 29 heavy (non-hydrogen) atoms. The van der Waals surface area contributed by atoms with Crippen LogP contribution in [0.25, 0.3) is 10.9 Å². The van der Waals surface area contributed by atoms with E-state index in [2.05, 4.69) is 4.98 Å². The smallest absolute Gasteiger partial charge is 0.341 e. The second-order valence-electron chi connectivity index (χ2n) is 6.88. The summed E-state index contributed by atoms with van der Waals surface area (Å²) in [5.41, 5.74) is 3.38. The number of aryl methyl sites for hydroxylation is 1. The van der Waals surface area contributed by atoms with Gasteiger partial charge in [-0.1, -0.05) is 18.2 Å². The highest BCUT2D eigenvalue weighted by Crippen LogP contribution is 2.27. The van der Waals surface area contributed by atoms with Crippen LogP contribution in [0.5, 0.6) is 0 Å². The first-order valence-electron chi connectivity index (χ1n) is 9.06. The van der Waals surface area contributed by atoms with Crippen molar-refractivity contribution in [1.82, 2.24) is 4.98 Å². The molecule has 0 spiro atoms. The van der Waals surface area contributed by atoms with E-state index in [1.165, 1.54) is 12.1 Å². The van der Waals surface area contributed by atoms with Crippen molar-refractivity contribution in [1.29, 1.82) is 0 Å². The minimum absolute atomic E-state index is 0.0229. The number of carbonyl (C=O) groups is 1. The molecule has 0 saturated carbocycles. The third-order valence-corrected chi connectivity index (χ3v) is 5.16. The number of benzene rings is 2. The molecule has 6 nitrogen and oxygen atoms in total. The Balaban J connectivity index is 1.81. The molecule has 3 rings (SSSR count). The predicted molar refractivity (Wildman–Crippen MR) is 108 cm³/mol. The fourth-order valence-electron chi connectivity index (χ4n) is 3.12. The van der Waals surface area contributed by atoms with Crippen LogP contribution in [0, 0.1) is 12.7 Å². The van der Waals surface area contributed by atoms with Crippen LogP contribution in [0.15, 0.2) is 42.5 Å². The van der Waals surface area contributed by atoms with Gasteiger partial charge in [-0.05, 0) is 55.7 Å². The number of halogens is 1. The Bertz CT molecular complexity index is 1140. The fraction of sp³-hybridized carbons (Fsp3) is 0.286. The normalized spacial score (nSPS) is 12.8. The zero-order chi connectivity index (χ0) is 21.2. The monoisotopic (exact) mass is 419 g/mol. The molecule has 0 aliphatic rings. The van der Waals surface area contributed by atoms with Crippen LogP contribution < -0.4 is 0 Å². The van der Waals surface area contributed by atoms with Crippen LogP contribution in [-0.4, -0.2) is 32.2 Å². The summed E-state index contributed by atoms with van der Waals surface area (Å²) in [6, 6.07) is 11.3. The summed E-state index contributed by atoms with van der Waals surface area (Å²) in [6.07, 6.45) is 0.842. The summed E-state index contributed by atoms with van der Waals surface area (Å²) in [5, 5.41) is 0.690. The number of carbonyl (C=O) groups excluding carboxylic acids is 1. The van der Waals surface area contributed by atoms with Crippen molar-refractivity contribution in [3.05, 3.63) is 70.7 Å². The molecule has 2 aromatic carbocycles. The van der Waals surface area contributed by atoms with E-state index in [-0.39, 0.29) is 12.4 Å². The van der Waals surface area contributed by atoms with Crippen molar-refractivity contribution >= 4 is 27.0 Å². The molecule has 154 valence electrons. The van der Waals surface area contributed by atoms with Gasteiger partial charge >= 0.3 is 5.97 Å². The molecule has 0 saturated heterocycles. The lowest BCUT2D eigenvalue weighted by molar-refractivity contribution is 0.0339. The van der Waals surface area contributed by atoms with Gasteiger partial charge in [-0.25, -0.2) is 9.18 Å². The molecule has 1 atom stereocenters. The Labute approximate surface area is 168 Å². The predicted octanol–water partition coefficient (Wildman–Crippen LogP) is 4.05. The summed E-state index contributed by atoms with van der Waals surface area (Å²) in [5.74, 6) is -0.845. The lowest BCUT2D eigenvalue weighted by Gasteiger charge is -2.14. The first-order valence-corrected chi connectivity index (χ1v) is 10.9. The molecular weight excluding hydrogens is 397 g/mol. The SMILES string of the molecule is Cc1[nH]c2ccc(CCOS(C)(=O)=O)cc2c1C(=O)O[C@@H](C)c1ccc(F)cc1. The second kappa shape index (κ2) is 8.34. The van der Waals surface area contributed by atoms with Crippen molar-refractivity contribution in [2.24, 2.45) is 0 Å². The molecule has 0 amide bonds. The van der Waals surface area contributed by atoms with Gasteiger partial charge in [-0.3, -0.25) is 4.18 Å². The second-order valence-corrected chi connectivity index (χ2v) is 8.52. The van der Waals surface area contributed by atoms with Crippen LogP contribution in [0.1, 0.15) is 40.2 Å². The number of fused-ring (bicyclic) bond motifs is 1. The molecular formula is C21H22FNO5S. The van der Waals surface area contributed by atoms with Crippen molar-refractivity contribution in [3.63, 3.8) is 0 Å². The lowest BCUT2D eigenvalue weighted by atomic mass is 10.1. The van der Waals surface area contributed by atoms with Gasteiger partial charge in [-0.2, -0.15) is 8.42 Å². The van der Waals surface area contributed by atoms with E-state index in [1.54, 1.807) is 26.0 Å². The summed E-state index contributed by atoms with van der Waals surface area (Å²) < 4.78 is 45.7. The number of nitrogens with one attached hydrogen (secondary N) is 1. The average Bonchev–Trinajstić information content (AvgIpc) is 2.96. The van der Waals surface area contributed by atoms with E-state index < -0.39 is 22.2 Å². The van der Waals surface area contributed by atoms with E-state index in [1.807, 2.05) is 18.2 Å². The first-order chi connectivity index (χ1) is 13.6. The number of H-pyrrole nitrogens is 1. The summed E-state index contributed by atoms with van der Waals surface area (Å²) >= 11 is 0. The van der Waals surface area contributed by atoms with Gasteiger partial charge in [0.15, 0.2) is 0 Å². The number of rotatable bonds is 7. The maximum absolute atomic E-state index is 13.1. The molecule has 8 heteroatoms. The van der Waals surface area contributed by atoms with E-state index >= 15 is 0 Å². The Morgan fingerprint density at radius 3 is 2.52 bits per heavy atom. The number of hydrogen-bond acceptors (Lipinski definition) is 5. The van der Waals surface area contributed by atoms with Gasteiger partial charge in [0.2, 0.25) is 0 Å². The summed E-state index contributed by atoms with van der Waals surface area (Å²) in [6.45, 7) is 3.53. The van der Waals surface area contributed by atoms with Gasteiger partial charge in [0, 0.05) is 16.6 Å². The highest BCUT2D eigenvalue weighted by molar-refractivity contribution is 7.85. The molecule has 0 bridgehead atoms. The molecule has 0 fully saturated rings. The topological polar surface area (TPSA) is 85.5 Å². The number of aromatic amines is 1. The number of ether oxygens (including phenoxy) is 1. The lowest BCUT2D eigenvalue weighted by Crippen LogP contribution is -2.10. The number of esters is 1. The van der Waals surface area contributed by atoms with Gasteiger partial charge in [-0.15, -0.1) is 0 Å². The largest absolute Gasteiger partial charge is 0.454 e. The van der Waals surface area contributed by atoms with Gasteiger partial charge in [0.25, 0.3) is 10.1 Å². The Kier molecular flexibility index (Phi) is 6.04. The molecule has 0 aliphatic carbocycles. The zero-order valence-electron chi connectivity index (χ0n) is 16.4. The molecule has 0 radical (unpaired) electrons. The van der Waals surface area contributed by atoms with E-state index in [0.717, 1.165) is 17.3 Å². The van der Waals surface area contributed by atoms with E-state index in [9.17, 15) is 17.6 Å². The molecule has 1 aromatic heterocycles. The number of hydrogen-bond donors (Lipinski definition) is 1. The molecule has 0 aliphatic heterocycles. The zero-order valence-corrected chi connectivity index (χ0v) is 17.2. The first kappa shape index (κ1) is 21.0. The van der Waals surface area contributed by atoms with Crippen molar-refractivity contribution in [2.45, 2.75) is 26.4 Å². The molecule has 0 unspecified atom stereocenters. The van der Waals surface area contributed by atoms with Crippen LogP contribution >= 0.6 is 0 Å². The van der Waals surface area contributed by atoms with Crippen LogP contribution in [0.3, 0.4) is 0 Å². The van der Waals surface area contributed by atoms with Gasteiger partial charge in [0.1, 0.15) is 11.9 Å². The quantitative estimate of drug-likeness (QED) is 0.461. The van der Waals surface area contributed by atoms with E-state index in [4.69, 9.17) is 8.92 Å². The highest BCUT2D eigenvalue weighted by atomic mass is 32.2. The van der Waals surface area contributed by atoms with Crippen LogP contribution in [-0.2, 0) is 25.5 Å². The Morgan fingerprint density at radius 1 is 1.17 bits per heavy atom. The molecule has 1 heterocycles. The molecule has 1 N–H and O–H groups in total. The summed E-state index contributed by atoms with van der Waals surface area (Å²) in [4.78, 5) is 16.0. The third kappa shape index (κ3) is 5.21. The number of aromatic nitrogens is 1.